The fourth-order valence-corrected chi connectivity index (χ4v) is 2.49. The number of morpholine rings is 1. The number of aromatic amines is 1. The first-order valence-electron chi connectivity index (χ1n) is 8.06. The lowest BCUT2D eigenvalue weighted by atomic mass is 10.2. The molecule has 2 aliphatic rings. The smallest absolute Gasteiger partial charge is 0.155 e. The average Bonchev–Trinajstić information content (AvgIpc) is 3.17. The predicted molar refractivity (Wildman–Crippen MR) is 79.1 cm³/mol. The molecule has 1 aliphatic heterocycles. The van der Waals surface area contributed by atoms with Gasteiger partial charge < -0.3 is 9.47 Å². The molecule has 1 saturated heterocycles. The zero-order valence-electron chi connectivity index (χ0n) is 13.0. The Morgan fingerprint density at radius 2 is 2.29 bits per heavy atom. The number of rotatable bonds is 7. The van der Waals surface area contributed by atoms with E-state index in [4.69, 9.17) is 9.47 Å². The highest BCUT2D eigenvalue weighted by Gasteiger charge is 2.25. The summed E-state index contributed by atoms with van der Waals surface area (Å²) in [5.74, 6) is 2.89. The Balaban J connectivity index is 1.45. The Morgan fingerprint density at radius 3 is 3.00 bits per heavy atom. The lowest BCUT2D eigenvalue weighted by molar-refractivity contribution is -0.0419. The second-order valence-electron chi connectivity index (χ2n) is 6.41. The summed E-state index contributed by atoms with van der Waals surface area (Å²) in [7, 11) is 0. The maximum atomic E-state index is 5.83. The summed E-state index contributed by atoms with van der Waals surface area (Å²) >= 11 is 0. The summed E-state index contributed by atoms with van der Waals surface area (Å²) in [4.78, 5) is 6.93. The third-order valence-corrected chi connectivity index (χ3v) is 4.09. The summed E-state index contributed by atoms with van der Waals surface area (Å²) in [6.45, 7) is 9.48. The number of nitrogens with zero attached hydrogens (tertiary/aromatic N) is 3. The molecule has 1 saturated carbocycles. The highest BCUT2D eigenvalue weighted by atomic mass is 16.5. The molecule has 21 heavy (non-hydrogen) atoms. The third kappa shape index (κ3) is 4.25. The van der Waals surface area contributed by atoms with Gasteiger partial charge in [0.25, 0.3) is 0 Å². The molecule has 0 radical (unpaired) electrons. The van der Waals surface area contributed by atoms with Gasteiger partial charge in [-0.2, -0.15) is 5.10 Å². The van der Waals surface area contributed by atoms with E-state index >= 15 is 0 Å². The van der Waals surface area contributed by atoms with E-state index in [9.17, 15) is 0 Å². The van der Waals surface area contributed by atoms with Crippen LogP contribution in [0.4, 0.5) is 0 Å². The van der Waals surface area contributed by atoms with Crippen LogP contribution in [0.1, 0.15) is 50.4 Å². The second kappa shape index (κ2) is 6.85. The zero-order chi connectivity index (χ0) is 14.7. The van der Waals surface area contributed by atoms with E-state index in [1.807, 2.05) is 0 Å². The molecular formula is C15H26N4O2. The minimum atomic E-state index is 0.00202. The van der Waals surface area contributed by atoms with Crippen molar-refractivity contribution in [2.45, 2.75) is 38.7 Å². The van der Waals surface area contributed by atoms with Crippen molar-refractivity contribution in [3.8, 4) is 0 Å². The van der Waals surface area contributed by atoms with Crippen LogP contribution in [0.3, 0.4) is 0 Å². The maximum Gasteiger partial charge on any atom is 0.155 e. The Bertz CT molecular complexity index is 445. The van der Waals surface area contributed by atoms with E-state index in [0.717, 1.165) is 57.0 Å². The summed E-state index contributed by atoms with van der Waals surface area (Å²) in [5, 5.41) is 7.28. The Morgan fingerprint density at radius 1 is 1.43 bits per heavy atom. The fraction of sp³-hybridized carbons (Fsp3) is 0.867. The van der Waals surface area contributed by atoms with Gasteiger partial charge in [0.15, 0.2) is 11.6 Å². The van der Waals surface area contributed by atoms with Crippen molar-refractivity contribution < 1.29 is 9.47 Å². The van der Waals surface area contributed by atoms with E-state index in [0.29, 0.717) is 5.92 Å². The molecule has 1 N–H and O–H groups in total. The van der Waals surface area contributed by atoms with E-state index in [2.05, 4.69) is 33.9 Å². The minimum Gasteiger partial charge on any atom is -0.380 e. The predicted octanol–water partition coefficient (Wildman–Crippen LogP) is 1.73. The Kier molecular flexibility index (Phi) is 4.87. The van der Waals surface area contributed by atoms with Crippen molar-refractivity contribution in [1.29, 1.82) is 0 Å². The number of hydrogen-bond donors (Lipinski definition) is 1. The van der Waals surface area contributed by atoms with Crippen molar-refractivity contribution in [2.24, 2.45) is 5.92 Å². The highest BCUT2D eigenvalue weighted by molar-refractivity contribution is 4.99. The Labute approximate surface area is 126 Å². The molecule has 0 bridgehead atoms. The molecule has 1 unspecified atom stereocenters. The number of hydrogen-bond acceptors (Lipinski definition) is 5. The normalized spacial score (nSPS) is 23.9. The van der Waals surface area contributed by atoms with Crippen molar-refractivity contribution in [1.82, 2.24) is 20.1 Å². The lowest BCUT2D eigenvalue weighted by Gasteiger charge is -2.31. The fourth-order valence-electron chi connectivity index (χ4n) is 2.49. The van der Waals surface area contributed by atoms with Gasteiger partial charge in [-0.3, -0.25) is 10.00 Å². The van der Waals surface area contributed by atoms with Gasteiger partial charge in [0.05, 0.1) is 13.2 Å². The van der Waals surface area contributed by atoms with Crippen LogP contribution in [0.5, 0.6) is 0 Å². The topological polar surface area (TPSA) is 63.3 Å². The molecule has 6 nitrogen and oxygen atoms in total. The monoisotopic (exact) mass is 294 g/mol. The molecule has 1 aromatic heterocycles. The summed E-state index contributed by atoms with van der Waals surface area (Å²) in [6, 6.07) is 0. The van der Waals surface area contributed by atoms with Crippen LogP contribution >= 0.6 is 0 Å². The van der Waals surface area contributed by atoms with Crippen LogP contribution < -0.4 is 0 Å². The van der Waals surface area contributed by atoms with Crippen LogP contribution in [0.15, 0.2) is 0 Å². The van der Waals surface area contributed by atoms with E-state index in [1.54, 1.807) is 0 Å². The van der Waals surface area contributed by atoms with Crippen LogP contribution in [-0.4, -0.2) is 59.5 Å². The molecule has 0 amide bonds. The van der Waals surface area contributed by atoms with Crippen LogP contribution in [0.25, 0.3) is 0 Å². The molecular weight excluding hydrogens is 268 g/mol. The van der Waals surface area contributed by atoms with Crippen LogP contribution in [0.2, 0.25) is 0 Å². The first-order chi connectivity index (χ1) is 10.2. The Hall–Kier alpha value is -0.980. The molecule has 118 valence electrons. The van der Waals surface area contributed by atoms with Gasteiger partial charge in [0, 0.05) is 32.2 Å². The van der Waals surface area contributed by atoms with Gasteiger partial charge in [-0.05, 0) is 18.8 Å². The number of ether oxygens (including phenoxy) is 2. The molecule has 0 spiro atoms. The van der Waals surface area contributed by atoms with Gasteiger partial charge >= 0.3 is 0 Å². The molecule has 1 aliphatic carbocycles. The van der Waals surface area contributed by atoms with E-state index < -0.39 is 0 Å². The van der Waals surface area contributed by atoms with Crippen molar-refractivity contribution in [3.05, 3.63) is 11.6 Å². The summed E-state index contributed by atoms with van der Waals surface area (Å²) < 4.78 is 11.5. The first-order valence-corrected chi connectivity index (χ1v) is 8.06. The van der Waals surface area contributed by atoms with Crippen molar-refractivity contribution >= 4 is 0 Å². The van der Waals surface area contributed by atoms with Crippen LogP contribution in [0, 0.1) is 5.92 Å². The first kappa shape index (κ1) is 14.9. The number of nitrogens with one attached hydrogen (secondary N) is 1. The molecule has 2 fully saturated rings. The third-order valence-electron chi connectivity index (χ3n) is 4.09. The van der Waals surface area contributed by atoms with E-state index in [-0.39, 0.29) is 6.10 Å². The SMILES string of the molecule is CC(C)c1n[nH]c(C2CN(CCOCC3CC3)CCO2)n1. The summed E-state index contributed by atoms with van der Waals surface area (Å²) in [6.07, 6.45) is 2.70. The van der Waals surface area contributed by atoms with Crippen molar-refractivity contribution in [2.75, 3.05) is 39.5 Å². The zero-order valence-corrected chi connectivity index (χ0v) is 13.0. The molecule has 1 atom stereocenters. The van der Waals surface area contributed by atoms with Gasteiger partial charge in [-0.15, -0.1) is 0 Å². The number of aromatic nitrogens is 3. The quantitative estimate of drug-likeness (QED) is 0.776. The highest BCUT2D eigenvalue weighted by Crippen LogP contribution is 2.28. The van der Waals surface area contributed by atoms with Gasteiger partial charge in [-0.25, -0.2) is 4.98 Å². The molecule has 3 rings (SSSR count). The second-order valence-corrected chi connectivity index (χ2v) is 6.41. The lowest BCUT2D eigenvalue weighted by Crippen LogP contribution is -2.40. The van der Waals surface area contributed by atoms with Gasteiger partial charge in [0.1, 0.15) is 6.10 Å². The standard InChI is InChI=1S/C15H26N4O2/c1-11(2)14-16-15(18-17-14)13-9-19(6-8-21-13)5-7-20-10-12-3-4-12/h11-13H,3-10H2,1-2H3,(H,16,17,18). The molecule has 0 aromatic carbocycles. The maximum absolute atomic E-state index is 5.83. The largest absolute Gasteiger partial charge is 0.380 e. The van der Waals surface area contributed by atoms with Gasteiger partial charge in [0.2, 0.25) is 0 Å². The summed E-state index contributed by atoms with van der Waals surface area (Å²) in [5.41, 5.74) is 0. The minimum absolute atomic E-state index is 0.00202. The van der Waals surface area contributed by atoms with Crippen molar-refractivity contribution in [3.63, 3.8) is 0 Å². The molecule has 1 aromatic rings. The molecule has 2 heterocycles. The number of H-pyrrole nitrogens is 1. The van der Waals surface area contributed by atoms with E-state index in [1.165, 1.54) is 12.8 Å². The average molecular weight is 294 g/mol. The van der Waals surface area contributed by atoms with Gasteiger partial charge in [-0.1, -0.05) is 13.8 Å². The van der Waals surface area contributed by atoms with Crippen LogP contribution in [-0.2, 0) is 9.47 Å². The molecule has 6 heteroatoms.